The van der Waals surface area contributed by atoms with E-state index in [0.717, 1.165) is 37.7 Å². The first-order valence-electron chi connectivity index (χ1n) is 10.4. The van der Waals surface area contributed by atoms with Crippen LogP contribution in [0, 0.1) is 12.3 Å². The number of thioether (sulfide) groups is 1. The van der Waals surface area contributed by atoms with Gasteiger partial charge in [-0.25, -0.2) is 0 Å². The van der Waals surface area contributed by atoms with E-state index in [1.165, 1.54) is 46.9 Å². The first kappa shape index (κ1) is 21.5. The van der Waals surface area contributed by atoms with Gasteiger partial charge in [-0.15, -0.1) is 18.2 Å². The number of hydrogen-bond donors (Lipinski definition) is 3. The summed E-state index contributed by atoms with van der Waals surface area (Å²) in [6.45, 7) is 1.52. The Bertz CT molecular complexity index is 877. The Balaban J connectivity index is 1.47. The molecule has 0 unspecified atom stereocenters. The maximum atomic E-state index is 12.0. The first-order valence-corrected chi connectivity index (χ1v) is 11.5. The number of fused-ring (bicyclic) bond motifs is 2. The number of terminal acetylenes is 1. The summed E-state index contributed by atoms with van der Waals surface area (Å²) in [4.78, 5) is 16.9. The van der Waals surface area contributed by atoms with Crippen molar-refractivity contribution in [2.24, 2.45) is 5.73 Å². The van der Waals surface area contributed by atoms with E-state index in [1.54, 1.807) is 0 Å². The molecule has 0 saturated carbocycles. The molecule has 154 valence electrons. The number of nitrogens with one attached hydrogen (secondary N) is 2. The van der Waals surface area contributed by atoms with Crippen molar-refractivity contribution in [3.8, 4) is 12.3 Å². The van der Waals surface area contributed by atoms with Crippen molar-refractivity contribution in [2.45, 2.75) is 44.6 Å². The van der Waals surface area contributed by atoms with Gasteiger partial charge in [0, 0.05) is 35.6 Å². The number of aryl methyl sites for hydroxylation is 1. The minimum absolute atomic E-state index is 0.100. The van der Waals surface area contributed by atoms with Crippen molar-refractivity contribution in [2.75, 3.05) is 29.9 Å². The van der Waals surface area contributed by atoms with Crippen molar-refractivity contribution in [1.29, 1.82) is 0 Å². The number of hydrogen-bond acceptors (Lipinski definition) is 5. The van der Waals surface area contributed by atoms with Gasteiger partial charge in [0.2, 0.25) is 5.91 Å². The summed E-state index contributed by atoms with van der Waals surface area (Å²) in [5.41, 5.74) is 10.8. The average molecular weight is 411 g/mol. The number of carbonyl (C=O) groups excluding carboxylic acids is 1. The van der Waals surface area contributed by atoms with Gasteiger partial charge in [0.05, 0.1) is 17.3 Å². The van der Waals surface area contributed by atoms with Gasteiger partial charge in [0.25, 0.3) is 0 Å². The summed E-state index contributed by atoms with van der Waals surface area (Å²) >= 11 is 1.51. The van der Waals surface area contributed by atoms with Crippen LogP contribution in [0.1, 0.15) is 36.9 Å². The number of para-hydroxylation sites is 1. The Morgan fingerprint density at radius 3 is 2.90 bits per heavy atom. The van der Waals surface area contributed by atoms with E-state index in [4.69, 9.17) is 17.1 Å². The summed E-state index contributed by atoms with van der Waals surface area (Å²) in [6, 6.07) is 7.87. The van der Waals surface area contributed by atoms with E-state index in [9.17, 15) is 4.79 Å². The van der Waals surface area contributed by atoms with Crippen LogP contribution in [0.2, 0.25) is 0 Å². The Kier molecular flexibility index (Phi) is 8.21. The third-order valence-electron chi connectivity index (χ3n) is 5.19. The van der Waals surface area contributed by atoms with Crippen molar-refractivity contribution >= 4 is 34.3 Å². The van der Waals surface area contributed by atoms with Gasteiger partial charge in [-0.3, -0.25) is 9.78 Å². The van der Waals surface area contributed by atoms with E-state index in [-0.39, 0.29) is 5.91 Å². The van der Waals surface area contributed by atoms with E-state index in [0.29, 0.717) is 18.1 Å². The Labute approximate surface area is 177 Å². The highest BCUT2D eigenvalue weighted by Crippen LogP contribution is 2.33. The molecule has 1 amide bonds. The van der Waals surface area contributed by atoms with Crippen LogP contribution in [0.5, 0.6) is 0 Å². The van der Waals surface area contributed by atoms with Crippen molar-refractivity contribution in [3.63, 3.8) is 0 Å². The van der Waals surface area contributed by atoms with E-state index >= 15 is 0 Å². The number of rotatable bonds is 10. The average Bonchev–Trinajstić information content (AvgIpc) is 2.75. The molecule has 2 aromatic rings. The molecule has 0 bridgehead atoms. The zero-order chi connectivity index (χ0) is 20.5. The van der Waals surface area contributed by atoms with Gasteiger partial charge in [-0.05, 0) is 50.2 Å². The van der Waals surface area contributed by atoms with Gasteiger partial charge < -0.3 is 16.4 Å². The molecule has 6 heteroatoms. The molecule has 1 aromatic carbocycles. The van der Waals surface area contributed by atoms with Crippen LogP contribution in [-0.2, 0) is 17.6 Å². The number of nitrogens with two attached hydrogens (primary N) is 1. The lowest BCUT2D eigenvalue weighted by molar-refractivity contribution is -0.121. The van der Waals surface area contributed by atoms with Crippen LogP contribution in [0.15, 0.2) is 24.3 Å². The molecule has 29 heavy (non-hydrogen) atoms. The molecule has 0 fully saturated rings. The number of carbonyl (C=O) groups is 1. The highest BCUT2D eigenvalue weighted by Gasteiger charge is 2.17. The maximum Gasteiger partial charge on any atom is 0.237 e. The SMILES string of the molecule is C#CCSC[C@@H](N)C(=O)NCCCCNc1c2c(nc3ccccc13)CCCC2. The molecule has 1 aromatic heterocycles. The van der Waals surface area contributed by atoms with Crippen LogP contribution in [-0.4, -0.2) is 41.5 Å². The van der Waals surface area contributed by atoms with Gasteiger partial charge in [-0.2, -0.15) is 0 Å². The zero-order valence-corrected chi connectivity index (χ0v) is 17.7. The van der Waals surface area contributed by atoms with Crippen LogP contribution in [0.4, 0.5) is 5.69 Å². The standard InChI is InChI=1S/C23H30N4OS/c1-2-15-29-16-19(24)23(28)26-14-8-7-13-25-22-17-9-3-5-11-20(17)27-21-12-6-4-10-18(21)22/h1,3,5,9,11,19H,4,6-8,10,12-16,24H2,(H,25,27)(H,26,28)/t19-/m1/s1. The van der Waals surface area contributed by atoms with Gasteiger partial charge in [0.1, 0.15) is 0 Å². The highest BCUT2D eigenvalue weighted by molar-refractivity contribution is 7.99. The predicted octanol–water partition coefficient (Wildman–Crippen LogP) is 3.12. The Hall–Kier alpha value is -2.23. The first-order chi connectivity index (χ1) is 14.2. The second-order valence-corrected chi connectivity index (χ2v) is 8.42. The van der Waals surface area contributed by atoms with Crippen LogP contribution >= 0.6 is 11.8 Å². The zero-order valence-electron chi connectivity index (χ0n) is 16.9. The molecule has 1 aliphatic rings. The number of nitrogens with zero attached hydrogens (tertiary/aromatic N) is 1. The molecule has 5 nitrogen and oxygen atoms in total. The van der Waals surface area contributed by atoms with Gasteiger partial charge in [-0.1, -0.05) is 24.1 Å². The van der Waals surface area contributed by atoms with Crippen molar-refractivity contribution in [1.82, 2.24) is 10.3 Å². The topological polar surface area (TPSA) is 80.0 Å². The maximum absolute atomic E-state index is 12.0. The van der Waals surface area contributed by atoms with Crippen LogP contribution < -0.4 is 16.4 Å². The number of unbranched alkanes of at least 4 members (excludes halogenated alkanes) is 1. The van der Waals surface area contributed by atoms with Crippen molar-refractivity contribution in [3.05, 3.63) is 35.5 Å². The minimum atomic E-state index is -0.499. The Morgan fingerprint density at radius 1 is 1.24 bits per heavy atom. The largest absolute Gasteiger partial charge is 0.384 e. The van der Waals surface area contributed by atoms with Gasteiger partial charge in [0.15, 0.2) is 0 Å². The molecule has 0 saturated heterocycles. The number of amides is 1. The predicted molar refractivity (Wildman–Crippen MR) is 123 cm³/mol. The molecule has 1 aliphatic carbocycles. The highest BCUT2D eigenvalue weighted by atomic mass is 32.2. The van der Waals surface area contributed by atoms with Crippen LogP contribution in [0.3, 0.4) is 0 Å². The lowest BCUT2D eigenvalue weighted by atomic mass is 9.92. The molecular weight excluding hydrogens is 380 g/mol. The second kappa shape index (κ2) is 11.1. The molecule has 0 aliphatic heterocycles. The third kappa shape index (κ3) is 5.88. The van der Waals surface area contributed by atoms with E-state index < -0.39 is 6.04 Å². The fourth-order valence-corrected chi connectivity index (χ4v) is 4.34. The van der Waals surface area contributed by atoms with Crippen molar-refractivity contribution < 1.29 is 4.79 Å². The molecule has 4 N–H and O–H groups in total. The fourth-order valence-electron chi connectivity index (χ4n) is 3.70. The second-order valence-electron chi connectivity index (χ2n) is 7.39. The molecule has 1 heterocycles. The smallest absolute Gasteiger partial charge is 0.237 e. The van der Waals surface area contributed by atoms with Crippen LogP contribution in [0.25, 0.3) is 10.9 Å². The molecule has 0 spiro atoms. The molecule has 0 radical (unpaired) electrons. The minimum Gasteiger partial charge on any atom is -0.384 e. The number of benzene rings is 1. The fraction of sp³-hybridized carbons (Fsp3) is 0.478. The number of aromatic nitrogens is 1. The summed E-state index contributed by atoms with van der Waals surface area (Å²) in [5, 5.41) is 7.79. The summed E-state index contributed by atoms with van der Waals surface area (Å²) < 4.78 is 0. The quantitative estimate of drug-likeness (QED) is 0.414. The van der Waals surface area contributed by atoms with E-state index in [1.807, 2.05) is 6.07 Å². The van der Waals surface area contributed by atoms with E-state index in [2.05, 4.69) is 34.8 Å². The van der Waals surface area contributed by atoms with Gasteiger partial charge >= 0.3 is 0 Å². The lowest BCUT2D eigenvalue weighted by Gasteiger charge is -2.21. The number of pyridine rings is 1. The third-order valence-corrected chi connectivity index (χ3v) is 6.16. The number of anilines is 1. The summed E-state index contributed by atoms with van der Waals surface area (Å²) in [6.07, 6.45) is 11.7. The molecule has 1 atom stereocenters. The monoisotopic (exact) mass is 410 g/mol. The molecular formula is C23H30N4OS. The Morgan fingerprint density at radius 2 is 2.03 bits per heavy atom. The normalized spacial score (nSPS) is 14.1. The summed E-state index contributed by atoms with van der Waals surface area (Å²) in [5.74, 6) is 3.57. The molecule has 3 rings (SSSR count). The summed E-state index contributed by atoms with van der Waals surface area (Å²) in [7, 11) is 0. The lowest BCUT2D eigenvalue weighted by Crippen LogP contribution is -2.42.